The number of amides is 1. The normalized spacial score (nSPS) is 20.6. The molecule has 0 bridgehead atoms. The summed E-state index contributed by atoms with van der Waals surface area (Å²) in [7, 11) is 1.37. The molecule has 1 unspecified atom stereocenters. The van der Waals surface area contributed by atoms with Crippen LogP contribution >= 0.6 is 0 Å². The molecule has 1 fully saturated rings. The highest BCUT2D eigenvalue weighted by molar-refractivity contribution is 5.68. The zero-order valence-electron chi connectivity index (χ0n) is 8.47. The molecule has 1 atom stereocenters. The number of rotatable bonds is 1. The number of hydrogen-bond donors (Lipinski definition) is 1. The van der Waals surface area contributed by atoms with E-state index in [1.165, 1.54) is 13.4 Å². The number of oxazole rings is 1. The Labute approximate surface area is 87.0 Å². The molecule has 1 amide bonds. The van der Waals surface area contributed by atoms with E-state index in [4.69, 9.17) is 14.9 Å². The number of anilines is 1. The summed E-state index contributed by atoms with van der Waals surface area (Å²) < 4.78 is 9.62. The SMILES string of the molecule is COC(=O)N1CCCC1c1coc(N)n1. The van der Waals surface area contributed by atoms with E-state index in [1.807, 2.05) is 0 Å². The lowest BCUT2D eigenvalue weighted by Gasteiger charge is -2.20. The first-order chi connectivity index (χ1) is 7.22. The molecule has 15 heavy (non-hydrogen) atoms. The summed E-state index contributed by atoms with van der Waals surface area (Å²) in [5.74, 6) is 0. The van der Waals surface area contributed by atoms with Gasteiger partial charge >= 0.3 is 6.09 Å². The lowest BCUT2D eigenvalue weighted by molar-refractivity contribution is 0.118. The molecule has 1 aromatic rings. The predicted octanol–water partition coefficient (Wildman–Crippen LogP) is 1.16. The van der Waals surface area contributed by atoms with Crippen LogP contribution in [0, 0.1) is 0 Å². The van der Waals surface area contributed by atoms with Crippen LogP contribution in [0.4, 0.5) is 10.8 Å². The van der Waals surface area contributed by atoms with E-state index in [9.17, 15) is 4.79 Å². The zero-order chi connectivity index (χ0) is 10.8. The summed E-state index contributed by atoms with van der Waals surface area (Å²) >= 11 is 0. The van der Waals surface area contributed by atoms with E-state index >= 15 is 0 Å². The minimum atomic E-state index is -0.334. The first-order valence-corrected chi connectivity index (χ1v) is 4.78. The molecule has 1 aliphatic heterocycles. The summed E-state index contributed by atoms with van der Waals surface area (Å²) in [5, 5.41) is 0. The Morgan fingerprint density at radius 1 is 1.80 bits per heavy atom. The summed E-state index contributed by atoms with van der Waals surface area (Å²) in [6.07, 6.45) is 2.95. The molecule has 1 aliphatic rings. The quantitative estimate of drug-likeness (QED) is 0.753. The number of carbonyl (C=O) groups excluding carboxylic acids is 1. The van der Waals surface area contributed by atoms with Gasteiger partial charge in [-0.2, -0.15) is 4.98 Å². The van der Waals surface area contributed by atoms with Crippen LogP contribution in [0.25, 0.3) is 0 Å². The first kappa shape index (κ1) is 9.82. The van der Waals surface area contributed by atoms with Gasteiger partial charge in [0.25, 0.3) is 6.01 Å². The lowest BCUT2D eigenvalue weighted by atomic mass is 10.2. The number of nitrogen functional groups attached to an aromatic ring is 1. The number of ether oxygens (including phenoxy) is 1. The van der Waals surface area contributed by atoms with Gasteiger partial charge in [0.05, 0.1) is 13.2 Å². The number of carbonyl (C=O) groups is 1. The number of methoxy groups -OCH3 is 1. The Balaban J connectivity index is 2.18. The van der Waals surface area contributed by atoms with Crippen molar-refractivity contribution >= 4 is 12.1 Å². The van der Waals surface area contributed by atoms with Crippen LogP contribution in [-0.2, 0) is 4.74 Å². The highest BCUT2D eigenvalue weighted by Crippen LogP contribution is 2.31. The molecule has 0 saturated carbocycles. The molecule has 1 aromatic heterocycles. The van der Waals surface area contributed by atoms with Gasteiger partial charge in [-0.15, -0.1) is 0 Å². The molecule has 6 nitrogen and oxygen atoms in total. The molecule has 82 valence electrons. The van der Waals surface area contributed by atoms with Crippen LogP contribution in [0.15, 0.2) is 10.7 Å². The van der Waals surface area contributed by atoms with E-state index in [0.717, 1.165) is 12.8 Å². The van der Waals surface area contributed by atoms with Gasteiger partial charge in [-0.05, 0) is 12.8 Å². The predicted molar refractivity (Wildman–Crippen MR) is 52.0 cm³/mol. The topological polar surface area (TPSA) is 81.6 Å². The van der Waals surface area contributed by atoms with Crippen LogP contribution in [0.3, 0.4) is 0 Å². The molecule has 2 rings (SSSR count). The van der Waals surface area contributed by atoms with Crippen LogP contribution in [-0.4, -0.2) is 29.6 Å². The van der Waals surface area contributed by atoms with E-state index in [0.29, 0.717) is 12.2 Å². The van der Waals surface area contributed by atoms with Crippen LogP contribution < -0.4 is 5.73 Å². The van der Waals surface area contributed by atoms with Gasteiger partial charge in [0, 0.05) is 6.54 Å². The van der Waals surface area contributed by atoms with E-state index < -0.39 is 0 Å². The van der Waals surface area contributed by atoms with Gasteiger partial charge < -0.3 is 14.9 Å². The molecule has 0 radical (unpaired) electrons. The van der Waals surface area contributed by atoms with Crippen molar-refractivity contribution < 1.29 is 13.9 Å². The molecule has 2 N–H and O–H groups in total. The zero-order valence-corrected chi connectivity index (χ0v) is 8.47. The van der Waals surface area contributed by atoms with Crippen molar-refractivity contribution in [3.8, 4) is 0 Å². The number of hydrogen-bond acceptors (Lipinski definition) is 5. The van der Waals surface area contributed by atoms with Gasteiger partial charge in [0.2, 0.25) is 0 Å². The van der Waals surface area contributed by atoms with Crippen LogP contribution in [0.2, 0.25) is 0 Å². The van der Waals surface area contributed by atoms with Crippen molar-refractivity contribution in [2.45, 2.75) is 18.9 Å². The molecule has 0 spiro atoms. The van der Waals surface area contributed by atoms with Crippen molar-refractivity contribution in [3.05, 3.63) is 12.0 Å². The fourth-order valence-corrected chi connectivity index (χ4v) is 1.86. The van der Waals surface area contributed by atoms with Gasteiger partial charge in [0.1, 0.15) is 12.0 Å². The van der Waals surface area contributed by atoms with Gasteiger partial charge in [-0.3, -0.25) is 4.90 Å². The van der Waals surface area contributed by atoms with Gasteiger partial charge in [0.15, 0.2) is 0 Å². The minimum Gasteiger partial charge on any atom is -0.453 e. The number of likely N-dealkylation sites (tertiary alicyclic amines) is 1. The third kappa shape index (κ3) is 1.74. The van der Waals surface area contributed by atoms with Crippen molar-refractivity contribution in [3.63, 3.8) is 0 Å². The number of nitrogens with two attached hydrogens (primary N) is 1. The molecular weight excluding hydrogens is 198 g/mol. The van der Waals surface area contributed by atoms with E-state index in [-0.39, 0.29) is 18.1 Å². The second-order valence-corrected chi connectivity index (χ2v) is 3.43. The largest absolute Gasteiger partial charge is 0.453 e. The number of aromatic nitrogens is 1. The Hall–Kier alpha value is -1.72. The standard InChI is InChI=1S/C9H13N3O3/c1-14-9(13)12-4-2-3-7(12)6-5-15-8(10)11-6/h5,7H,2-4H2,1H3,(H2,10,11). The van der Waals surface area contributed by atoms with Crippen molar-refractivity contribution in [1.82, 2.24) is 9.88 Å². The highest BCUT2D eigenvalue weighted by atomic mass is 16.5. The maximum atomic E-state index is 11.4. The third-order valence-electron chi connectivity index (χ3n) is 2.54. The maximum Gasteiger partial charge on any atom is 0.410 e. The second kappa shape index (κ2) is 3.80. The Morgan fingerprint density at radius 2 is 2.60 bits per heavy atom. The van der Waals surface area contributed by atoms with Crippen molar-refractivity contribution in [2.75, 3.05) is 19.4 Å². The monoisotopic (exact) mass is 211 g/mol. The molecule has 0 aromatic carbocycles. The lowest BCUT2D eigenvalue weighted by Crippen LogP contribution is -2.30. The van der Waals surface area contributed by atoms with Crippen molar-refractivity contribution in [2.24, 2.45) is 0 Å². The maximum absolute atomic E-state index is 11.4. The Kier molecular flexibility index (Phi) is 2.49. The van der Waals surface area contributed by atoms with Crippen LogP contribution in [0.1, 0.15) is 24.6 Å². The fourth-order valence-electron chi connectivity index (χ4n) is 1.86. The first-order valence-electron chi connectivity index (χ1n) is 4.78. The fraction of sp³-hybridized carbons (Fsp3) is 0.556. The summed E-state index contributed by atoms with van der Waals surface area (Å²) in [6, 6.07) is 0.0558. The molecular formula is C9H13N3O3. The van der Waals surface area contributed by atoms with Gasteiger partial charge in [-0.1, -0.05) is 0 Å². The van der Waals surface area contributed by atoms with Crippen molar-refractivity contribution in [1.29, 1.82) is 0 Å². The smallest absolute Gasteiger partial charge is 0.410 e. The minimum absolute atomic E-state index is 0.0708. The molecule has 6 heteroatoms. The third-order valence-corrected chi connectivity index (χ3v) is 2.54. The summed E-state index contributed by atoms with van der Waals surface area (Å²) in [5.41, 5.74) is 6.08. The summed E-state index contributed by atoms with van der Waals surface area (Å²) in [6.45, 7) is 0.685. The van der Waals surface area contributed by atoms with Gasteiger partial charge in [-0.25, -0.2) is 4.79 Å². The second-order valence-electron chi connectivity index (χ2n) is 3.43. The Bertz CT molecular complexity index is 363. The van der Waals surface area contributed by atoms with E-state index in [2.05, 4.69) is 4.98 Å². The number of nitrogens with zero attached hydrogens (tertiary/aromatic N) is 2. The Morgan fingerprint density at radius 3 is 3.20 bits per heavy atom. The average molecular weight is 211 g/mol. The average Bonchev–Trinajstić information content (AvgIpc) is 2.84. The molecule has 2 heterocycles. The van der Waals surface area contributed by atoms with Crippen LogP contribution in [0.5, 0.6) is 0 Å². The highest BCUT2D eigenvalue weighted by Gasteiger charge is 2.32. The molecule has 1 saturated heterocycles. The summed E-state index contributed by atoms with van der Waals surface area (Å²) in [4.78, 5) is 17.1. The van der Waals surface area contributed by atoms with E-state index in [1.54, 1.807) is 4.90 Å². The molecule has 0 aliphatic carbocycles.